The zero-order chi connectivity index (χ0) is 19.6. The molecule has 27 heavy (non-hydrogen) atoms. The summed E-state index contributed by atoms with van der Waals surface area (Å²) in [6.45, 7) is 1.59. The van der Waals surface area contributed by atoms with Crippen molar-refractivity contribution in [2.24, 2.45) is 0 Å². The molecule has 0 aliphatic carbocycles. The van der Waals surface area contributed by atoms with E-state index in [0.29, 0.717) is 17.0 Å². The molecule has 0 atom stereocenters. The topological polar surface area (TPSA) is 89.3 Å². The number of halogens is 2. The molecule has 0 aliphatic heterocycles. The number of nitrogens with one attached hydrogen (secondary N) is 1. The summed E-state index contributed by atoms with van der Waals surface area (Å²) < 4.78 is 53.1. The highest BCUT2D eigenvalue weighted by molar-refractivity contribution is 7.91. The van der Waals surface area contributed by atoms with Gasteiger partial charge in [0.2, 0.25) is 9.84 Å². The molecule has 3 rings (SSSR count). The first-order valence-corrected chi connectivity index (χ1v) is 9.30. The third kappa shape index (κ3) is 3.72. The van der Waals surface area contributed by atoms with E-state index in [4.69, 9.17) is 4.52 Å². The molecule has 1 heterocycles. The van der Waals surface area contributed by atoms with Crippen molar-refractivity contribution >= 4 is 21.4 Å². The number of carbonyl (C=O) groups is 1. The Bertz CT molecular complexity index is 1060. The summed E-state index contributed by atoms with van der Waals surface area (Å²) in [4.78, 5) is 12.1. The highest BCUT2D eigenvalue weighted by atomic mass is 32.2. The quantitative estimate of drug-likeness (QED) is 0.711. The Hall–Kier alpha value is -3.07. The first kappa shape index (κ1) is 18.7. The lowest BCUT2D eigenvalue weighted by molar-refractivity contribution is 0.102. The number of rotatable bonds is 5. The molecular weight excluding hydrogens is 378 g/mol. The van der Waals surface area contributed by atoms with Gasteiger partial charge in [-0.05, 0) is 31.2 Å². The molecule has 0 radical (unpaired) electrons. The predicted octanol–water partition coefficient (Wildman–Crippen LogP) is 3.90. The Morgan fingerprint density at radius 1 is 1.07 bits per heavy atom. The molecule has 0 fully saturated rings. The molecule has 1 amide bonds. The highest BCUT2D eigenvalue weighted by Gasteiger charge is 2.26. The van der Waals surface area contributed by atoms with E-state index in [0.717, 1.165) is 12.1 Å². The van der Waals surface area contributed by atoms with Gasteiger partial charge in [0.05, 0.1) is 4.90 Å². The van der Waals surface area contributed by atoms with E-state index in [1.807, 2.05) is 6.07 Å². The molecule has 0 saturated carbocycles. The first-order chi connectivity index (χ1) is 12.8. The summed E-state index contributed by atoms with van der Waals surface area (Å²) >= 11 is 0. The molecular formula is C18H14F2N2O4S. The maximum Gasteiger partial charge on any atom is 0.341 e. The molecule has 9 heteroatoms. The fourth-order valence-electron chi connectivity index (χ4n) is 2.46. The van der Waals surface area contributed by atoms with Gasteiger partial charge in [-0.3, -0.25) is 4.79 Å². The number of carbonyl (C=O) groups excluding carboxylic acids is 1. The second-order valence-corrected chi connectivity index (χ2v) is 7.53. The van der Waals surface area contributed by atoms with Crippen molar-refractivity contribution in [1.29, 1.82) is 0 Å². The van der Waals surface area contributed by atoms with Crippen LogP contribution in [-0.2, 0) is 9.84 Å². The first-order valence-electron chi connectivity index (χ1n) is 7.76. The summed E-state index contributed by atoms with van der Waals surface area (Å²) in [5.74, 6) is -3.72. The van der Waals surface area contributed by atoms with E-state index in [9.17, 15) is 22.0 Å². The van der Waals surface area contributed by atoms with Crippen LogP contribution < -0.4 is 5.32 Å². The third-order valence-electron chi connectivity index (χ3n) is 3.81. The summed E-state index contributed by atoms with van der Waals surface area (Å²) in [5.41, 5.74) is 1.53. The summed E-state index contributed by atoms with van der Waals surface area (Å²) in [6.07, 6.45) is 0. The Labute approximate surface area is 153 Å². The molecule has 0 spiro atoms. The molecule has 0 bridgehead atoms. The van der Waals surface area contributed by atoms with E-state index in [-0.39, 0.29) is 11.3 Å². The minimum absolute atomic E-state index is 0.227. The number of alkyl halides is 2. The molecule has 0 saturated heterocycles. The average molecular weight is 392 g/mol. The molecule has 6 nitrogen and oxygen atoms in total. The monoisotopic (exact) mass is 392 g/mol. The lowest BCUT2D eigenvalue weighted by Crippen LogP contribution is -2.14. The zero-order valence-corrected chi connectivity index (χ0v) is 14.8. The number of hydrogen-bond acceptors (Lipinski definition) is 5. The van der Waals surface area contributed by atoms with Gasteiger partial charge >= 0.3 is 5.76 Å². The number of aryl methyl sites for hydroxylation is 1. The molecule has 140 valence electrons. The smallest absolute Gasteiger partial charge is 0.341 e. The van der Waals surface area contributed by atoms with Gasteiger partial charge in [-0.1, -0.05) is 35.5 Å². The number of anilines is 1. The molecule has 3 aromatic rings. The molecule has 0 unspecified atom stereocenters. The number of sulfone groups is 1. The Kier molecular flexibility index (Phi) is 5.04. The third-order valence-corrected chi connectivity index (χ3v) is 5.21. The lowest BCUT2D eigenvalue weighted by atomic mass is 10.1. The van der Waals surface area contributed by atoms with Crippen LogP contribution in [-0.4, -0.2) is 25.2 Å². The van der Waals surface area contributed by atoms with Crippen LogP contribution in [0.5, 0.6) is 0 Å². The molecule has 1 aromatic heterocycles. The zero-order valence-electron chi connectivity index (χ0n) is 14.0. The van der Waals surface area contributed by atoms with E-state index in [1.54, 1.807) is 31.2 Å². The number of aromatic nitrogens is 1. The van der Waals surface area contributed by atoms with Gasteiger partial charge in [0.25, 0.3) is 5.91 Å². The maximum absolute atomic E-state index is 12.6. The van der Waals surface area contributed by atoms with Gasteiger partial charge in [-0.25, -0.2) is 8.42 Å². The van der Waals surface area contributed by atoms with Crippen LogP contribution in [0.2, 0.25) is 0 Å². The summed E-state index contributed by atoms with van der Waals surface area (Å²) in [5, 5.41) is 6.50. The van der Waals surface area contributed by atoms with E-state index < -0.39 is 26.4 Å². The van der Waals surface area contributed by atoms with Crippen LogP contribution in [0.1, 0.15) is 16.1 Å². The van der Waals surface area contributed by atoms with Gasteiger partial charge in [0, 0.05) is 11.3 Å². The van der Waals surface area contributed by atoms with Crippen molar-refractivity contribution in [3.8, 4) is 11.3 Å². The van der Waals surface area contributed by atoms with Crippen molar-refractivity contribution in [2.75, 3.05) is 5.32 Å². The lowest BCUT2D eigenvalue weighted by Gasteiger charge is -2.07. The van der Waals surface area contributed by atoms with Crippen LogP contribution in [0.15, 0.2) is 64.0 Å². The summed E-state index contributed by atoms with van der Waals surface area (Å²) in [7, 11) is -4.69. The van der Waals surface area contributed by atoms with Crippen LogP contribution in [0.4, 0.5) is 14.5 Å². The minimum atomic E-state index is -4.69. The van der Waals surface area contributed by atoms with Crippen molar-refractivity contribution in [3.63, 3.8) is 0 Å². The Morgan fingerprint density at radius 3 is 2.30 bits per heavy atom. The van der Waals surface area contributed by atoms with Crippen molar-refractivity contribution in [2.45, 2.75) is 17.6 Å². The molecule has 1 N–H and O–H groups in total. The van der Waals surface area contributed by atoms with Crippen LogP contribution in [0.3, 0.4) is 0 Å². The predicted molar refractivity (Wildman–Crippen MR) is 94.3 cm³/mol. The van der Waals surface area contributed by atoms with Crippen molar-refractivity contribution in [3.05, 3.63) is 65.9 Å². The molecule has 0 aliphatic rings. The van der Waals surface area contributed by atoms with E-state index in [1.165, 1.54) is 12.1 Å². The average Bonchev–Trinajstić information content (AvgIpc) is 3.04. The van der Waals surface area contributed by atoms with Gasteiger partial charge in [-0.2, -0.15) is 8.78 Å². The standard InChI is InChI=1S/C18H14F2N2O4S/c1-11-15(16(22-26-11)12-5-3-2-4-6-12)17(23)21-13-7-9-14(10-8-13)27(24,25)18(19)20/h2-10,18H,1H3,(H,21,23). The Morgan fingerprint density at radius 2 is 1.70 bits per heavy atom. The van der Waals surface area contributed by atoms with Gasteiger partial charge in [-0.15, -0.1) is 0 Å². The largest absolute Gasteiger partial charge is 0.360 e. The number of amides is 1. The van der Waals surface area contributed by atoms with Gasteiger partial charge in [0.1, 0.15) is 17.0 Å². The number of benzene rings is 2. The van der Waals surface area contributed by atoms with Gasteiger partial charge in [0.15, 0.2) is 0 Å². The van der Waals surface area contributed by atoms with E-state index >= 15 is 0 Å². The van der Waals surface area contributed by atoms with Crippen molar-refractivity contribution in [1.82, 2.24) is 5.16 Å². The second-order valence-electron chi connectivity index (χ2n) is 5.61. The highest BCUT2D eigenvalue weighted by Crippen LogP contribution is 2.26. The Balaban J connectivity index is 1.86. The normalized spacial score (nSPS) is 11.6. The van der Waals surface area contributed by atoms with Crippen LogP contribution in [0, 0.1) is 6.92 Å². The SMILES string of the molecule is Cc1onc(-c2ccccc2)c1C(=O)Nc1ccc(S(=O)(=O)C(F)F)cc1. The van der Waals surface area contributed by atoms with Crippen molar-refractivity contribution < 1.29 is 26.5 Å². The van der Waals surface area contributed by atoms with Gasteiger partial charge < -0.3 is 9.84 Å². The van der Waals surface area contributed by atoms with E-state index in [2.05, 4.69) is 10.5 Å². The minimum Gasteiger partial charge on any atom is -0.360 e. The fourth-order valence-corrected chi connectivity index (χ4v) is 3.18. The second kappa shape index (κ2) is 7.28. The fraction of sp³-hybridized carbons (Fsp3) is 0.111. The maximum atomic E-state index is 12.6. The van der Waals surface area contributed by atoms with Crippen LogP contribution >= 0.6 is 0 Å². The summed E-state index contributed by atoms with van der Waals surface area (Å²) in [6, 6.07) is 13.5. The number of hydrogen-bond donors (Lipinski definition) is 1. The number of nitrogens with zero attached hydrogens (tertiary/aromatic N) is 1. The molecule has 2 aromatic carbocycles. The van der Waals surface area contributed by atoms with Crippen LogP contribution in [0.25, 0.3) is 11.3 Å².